The third-order valence-corrected chi connectivity index (χ3v) is 4.08. The van der Waals surface area contributed by atoms with E-state index < -0.39 is 0 Å². The topological polar surface area (TPSA) is 29.9 Å². The largest absolute Gasteiger partial charge is 0.305 e. The molecule has 5 heteroatoms. The molecule has 1 N–H and O–H groups in total. The third-order valence-electron chi connectivity index (χ3n) is 3.64. The lowest BCUT2D eigenvalue weighted by Crippen LogP contribution is -2.20. The van der Waals surface area contributed by atoms with E-state index in [4.69, 9.17) is 11.6 Å². The predicted molar refractivity (Wildman–Crippen MR) is 83.9 cm³/mol. The molecule has 0 saturated carbocycles. The molecular weight excluding hydrogens is 289 g/mol. The average Bonchev–Trinajstić information content (AvgIpc) is 2.81. The number of halogens is 2. The summed E-state index contributed by atoms with van der Waals surface area (Å²) in [7, 11) is 0. The molecule has 2 rings (SSSR count). The molecule has 114 valence electrons. The first kappa shape index (κ1) is 16.0. The van der Waals surface area contributed by atoms with Crippen LogP contribution in [0.5, 0.6) is 0 Å². The first-order valence-corrected chi connectivity index (χ1v) is 7.67. The minimum atomic E-state index is -0.217. The molecule has 0 saturated heterocycles. The maximum Gasteiger partial charge on any atom is 0.123 e. The Morgan fingerprint density at radius 1 is 1.29 bits per heavy atom. The summed E-state index contributed by atoms with van der Waals surface area (Å²) in [4.78, 5) is 0. The van der Waals surface area contributed by atoms with Gasteiger partial charge in [-0.2, -0.15) is 5.10 Å². The average molecular weight is 310 g/mol. The maximum atomic E-state index is 12.9. The van der Waals surface area contributed by atoms with Gasteiger partial charge in [-0.3, -0.25) is 4.68 Å². The van der Waals surface area contributed by atoms with E-state index in [0.717, 1.165) is 34.9 Å². The summed E-state index contributed by atoms with van der Waals surface area (Å²) in [6.07, 6.45) is 0.826. The van der Waals surface area contributed by atoms with Gasteiger partial charge in [0.05, 0.1) is 16.4 Å². The molecular formula is C16H21ClFN3. The molecule has 0 radical (unpaired) electrons. The molecule has 3 nitrogen and oxygen atoms in total. The van der Waals surface area contributed by atoms with Crippen LogP contribution in [0.3, 0.4) is 0 Å². The smallest absolute Gasteiger partial charge is 0.123 e. The van der Waals surface area contributed by atoms with Gasteiger partial charge in [-0.1, -0.05) is 30.7 Å². The SMILES string of the molecule is CCc1nn(CC)c(CNC(C)c2ccc(F)cc2)c1Cl. The fourth-order valence-corrected chi connectivity index (χ4v) is 2.64. The molecule has 1 atom stereocenters. The van der Waals surface area contributed by atoms with Gasteiger partial charge in [-0.15, -0.1) is 0 Å². The summed E-state index contributed by atoms with van der Waals surface area (Å²) >= 11 is 6.39. The second-order valence-corrected chi connectivity index (χ2v) is 5.41. The minimum Gasteiger partial charge on any atom is -0.305 e. The number of hydrogen-bond donors (Lipinski definition) is 1. The summed E-state index contributed by atoms with van der Waals surface area (Å²) in [5.74, 6) is -0.217. The molecule has 1 aromatic heterocycles. The highest BCUT2D eigenvalue weighted by atomic mass is 35.5. The maximum absolute atomic E-state index is 12.9. The van der Waals surface area contributed by atoms with Gasteiger partial charge >= 0.3 is 0 Å². The predicted octanol–water partition coefficient (Wildman–Crippen LogP) is 4.11. The van der Waals surface area contributed by atoms with Crippen LogP contribution in [-0.4, -0.2) is 9.78 Å². The fourth-order valence-electron chi connectivity index (χ4n) is 2.31. The van der Waals surface area contributed by atoms with E-state index in [1.165, 1.54) is 12.1 Å². The Morgan fingerprint density at radius 3 is 2.52 bits per heavy atom. The van der Waals surface area contributed by atoms with Crippen LogP contribution < -0.4 is 5.32 Å². The molecule has 0 bridgehead atoms. The van der Waals surface area contributed by atoms with Crippen LogP contribution in [0.2, 0.25) is 5.02 Å². The molecule has 1 aromatic carbocycles. The van der Waals surface area contributed by atoms with Crippen LogP contribution >= 0.6 is 11.6 Å². The van der Waals surface area contributed by atoms with Gasteiger partial charge in [0, 0.05) is 19.1 Å². The monoisotopic (exact) mass is 309 g/mol. The Morgan fingerprint density at radius 2 is 1.95 bits per heavy atom. The van der Waals surface area contributed by atoms with Crippen molar-refractivity contribution in [3.63, 3.8) is 0 Å². The van der Waals surface area contributed by atoms with Crippen molar-refractivity contribution in [3.05, 3.63) is 52.1 Å². The second kappa shape index (κ2) is 7.05. The second-order valence-electron chi connectivity index (χ2n) is 5.03. The Labute approximate surface area is 130 Å². The van der Waals surface area contributed by atoms with Crippen LogP contribution in [0, 0.1) is 5.82 Å². The molecule has 0 aliphatic heterocycles. The van der Waals surface area contributed by atoms with Crippen molar-refractivity contribution < 1.29 is 4.39 Å². The number of nitrogens with zero attached hydrogens (tertiary/aromatic N) is 2. The van der Waals surface area contributed by atoms with Gasteiger partial charge < -0.3 is 5.32 Å². The van der Waals surface area contributed by atoms with Crippen LogP contribution in [0.1, 0.15) is 43.8 Å². The highest BCUT2D eigenvalue weighted by Gasteiger charge is 2.15. The zero-order chi connectivity index (χ0) is 15.4. The zero-order valence-corrected chi connectivity index (χ0v) is 13.4. The molecule has 0 fully saturated rings. The summed E-state index contributed by atoms with van der Waals surface area (Å²) in [6.45, 7) is 7.58. The Kier molecular flexibility index (Phi) is 5.37. The van der Waals surface area contributed by atoms with Crippen molar-refractivity contribution in [2.75, 3.05) is 0 Å². The molecule has 1 heterocycles. The van der Waals surface area contributed by atoms with E-state index >= 15 is 0 Å². The number of rotatable bonds is 6. The molecule has 1 unspecified atom stereocenters. The van der Waals surface area contributed by atoms with Crippen LogP contribution in [-0.2, 0) is 19.5 Å². The fraction of sp³-hybridized carbons (Fsp3) is 0.438. The van der Waals surface area contributed by atoms with Gasteiger partial charge in [0.15, 0.2) is 0 Å². The van der Waals surface area contributed by atoms with Gasteiger partial charge in [0.2, 0.25) is 0 Å². The molecule has 0 spiro atoms. The molecule has 2 aromatic rings. The first-order chi connectivity index (χ1) is 10.1. The van der Waals surface area contributed by atoms with Crippen molar-refractivity contribution in [1.82, 2.24) is 15.1 Å². The summed E-state index contributed by atoms with van der Waals surface area (Å²) in [5, 5.41) is 8.67. The van der Waals surface area contributed by atoms with Gasteiger partial charge in [-0.25, -0.2) is 4.39 Å². The third kappa shape index (κ3) is 3.63. The first-order valence-electron chi connectivity index (χ1n) is 7.29. The van der Waals surface area contributed by atoms with E-state index in [0.29, 0.717) is 6.54 Å². The van der Waals surface area contributed by atoms with Crippen molar-refractivity contribution in [1.29, 1.82) is 0 Å². The number of aromatic nitrogens is 2. The number of aryl methyl sites for hydroxylation is 2. The van der Waals surface area contributed by atoms with E-state index in [9.17, 15) is 4.39 Å². The van der Waals surface area contributed by atoms with Crippen LogP contribution in [0.15, 0.2) is 24.3 Å². The van der Waals surface area contributed by atoms with Gasteiger partial charge in [-0.05, 0) is 38.0 Å². The number of hydrogen-bond acceptors (Lipinski definition) is 2. The quantitative estimate of drug-likeness (QED) is 0.870. The van der Waals surface area contributed by atoms with Crippen molar-refractivity contribution in [3.8, 4) is 0 Å². The zero-order valence-electron chi connectivity index (χ0n) is 12.7. The van der Waals surface area contributed by atoms with E-state index in [-0.39, 0.29) is 11.9 Å². The van der Waals surface area contributed by atoms with E-state index in [1.807, 2.05) is 11.6 Å². The minimum absolute atomic E-state index is 0.118. The molecule has 0 amide bonds. The Balaban J connectivity index is 2.09. The Bertz CT molecular complexity index is 592. The van der Waals surface area contributed by atoms with Crippen molar-refractivity contribution in [2.45, 2.75) is 46.3 Å². The lowest BCUT2D eigenvalue weighted by Gasteiger charge is -2.15. The number of benzene rings is 1. The summed E-state index contributed by atoms with van der Waals surface area (Å²) < 4.78 is 14.9. The lowest BCUT2D eigenvalue weighted by atomic mass is 10.1. The van der Waals surface area contributed by atoms with E-state index in [1.54, 1.807) is 12.1 Å². The molecule has 0 aliphatic rings. The van der Waals surface area contributed by atoms with Crippen molar-refractivity contribution >= 4 is 11.6 Å². The number of nitrogens with one attached hydrogen (secondary N) is 1. The highest BCUT2D eigenvalue weighted by molar-refractivity contribution is 6.31. The highest BCUT2D eigenvalue weighted by Crippen LogP contribution is 2.22. The normalized spacial score (nSPS) is 12.6. The Hall–Kier alpha value is -1.39. The molecule has 0 aliphatic carbocycles. The summed E-state index contributed by atoms with van der Waals surface area (Å²) in [6, 6.07) is 6.66. The summed E-state index contributed by atoms with van der Waals surface area (Å²) in [5.41, 5.74) is 2.99. The van der Waals surface area contributed by atoms with Crippen molar-refractivity contribution in [2.24, 2.45) is 0 Å². The van der Waals surface area contributed by atoms with E-state index in [2.05, 4.69) is 24.3 Å². The van der Waals surface area contributed by atoms with Gasteiger partial charge in [0.25, 0.3) is 0 Å². The lowest BCUT2D eigenvalue weighted by molar-refractivity contribution is 0.529. The van der Waals surface area contributed by atoms with Crippen LogP contribution in [0.25, 0.3) is 0 Å². The van der Waals surface area contributed by atoms with Gasteiger partial charge in [0.1, 0.15) is 5.82 Å². The molecule has 21 heavy (non-hydrogen) atoms. The standard InChI is InChI=1S/C16H21ClFN3/c1-4-14-16(17)15(21(5-2)20-14)10-19-11(3)12-6-8-13(18)9-7-12/h6-9,11,19H,4-5,10H2,1-3H3. The van der Waals surface area contributed by atoms with Crippen LogP contribution in [0.4, 0.5) is 4.39 Å².